The molecule has 39 heteroatoms. The predicted molar refractivity (Wildman–Crippen MR) is 471 cm³/mol. The zero-order chi connectivity index (χ0) is 92.6. The fourth-order valence-corrected chi connectivity index (χ4v) is 22.8. The molecule has 0 radical (unpaired) electrons. The van der Waals surface area contributed by atoms with Crippen molar-refractivity contribution >= 4 is 129 Å². The highest BCUT2D eigenvalue weighted by Crippen LogP contribution is 2.43. The normalized spacial score (nSPS) is 18.6. The predicted octanol–water partition coefficient (Wildman–Crippen LogP) is 19.3. The second-order valence-corrected chi connectivity index (χ2v) is 43.2. The molecule has 18 nitrogen and oxygen atoms in total. The van der Waals surface area contributed by atoms with Gasteiger partial charge < -0.3 is 29.4 Å². The maximum absolute atomic E-state index is 14.2. The Morgan fingerprint density at radius 1 is 0.349 bits per heavy atom. The molecule has 696 valence electrons. The Morgan fingerprint density at radius 3 is 0.897 bits per heavy atom. The minimum Gasteiger partial charge on any atom is -0.341 e. The van der Waals surface area contributed by atoms with Crippen molar-refractivity contribution in [1.29, 1.82) is 0 Å². The van der Waals surface area contributed by atoms with Gasteiger partial charge in [-0.2, -0.15) is 39.5 Å². The number of carbonyl (C=O) groups is 3. The third-order valence-corrected chi connectivity index (χ3v) is 31.8. The highest BCUT2D eigenvalue weighted by molar-refractivity contribution is 7.90. The summed E-state index contributed by atoms with van der Waals surface area (Å²) in [4.78, 5) is 52.5. The van der Waals surface area contributed by atoms with Gasteiger partial charge >= 0.3 is 18.5 Å². The molecule has 0 bridgehead atoms. The van der Waals surface area contributed by atoms with E-state index in [0.29, 0.717) is 165 Å². The first-order chi connectivity index (χ1) is 58.7. The number of nitrogens with one attached hydrogen (secondary N) is 3. The number of hydrogen-bond acceptors (Lipinski definition) is 12. The molecule has 6 fully saturated rings. The molecular weight excluding hydrogens is 1870 g/mol. The first-order valence-corrected chi connectivity index (χ1v) is 49.2. The minimum absolute atomic E-state index is 0.0532. The monoisotopic (exact) mass is 1970 g/mol. The van der Waals surface area contributed by atoms with Gasteiger partial charge in [0.05, 0.1) is 85.4 Å². The number of rotatable bonds is 33. The van der Waals surface area contributed by atoms with E-state index in [1.807, 2.05) is 0 Å². The molecule has 0 aromatic heterocycles. The molecule has 6 aromatic carbocycles. The summed E-state index contributed by atoms with van der Waals surface area (Å²) < 4.78 is 230. The number of benzene rings is 6. The average molecular weight is 1970 g/mol. The maximum atomic E-state index is 14.2. The van der Waals surface area contributed by atoms with Crippen LogP contribution in [0.4, 0.5) is 48.3 Å². The van der Waals surface area contributed by atoms with Gasteiger partial charge in [-0.3, -0.25) is 14.4 Å². The van der Waals surface area contributed by atoms with Crippen molar-refractivity contribution in [3.63, 3.8) is 0 Å². The van der Waals surface area contributed by atoms with Gasteiger partial charge in [-0.15, -0.1) is 0 Å². The summed E-state index contributed by atoms with van der Waals surface area (Å²) >= 11 is 43.1. The molecule has 3 unspecified atom stereocenters. The number of alkyl halides is 9. The number of nitrogens with zero attached hydrogens (tertiary/aromatic N) is 6. The molecule has 126 heavy (non-hydrogen) atoms. The van der Waals surface area contributed by atoms with Crippen molar-refractivity contribution in [3.8, 4) is 0 Å². The second-order valence-electron chi connectivity index (χ2n) is 34.9. The van der Waals surface area contributed by atoms with Gasteiger partial charge in [0, 0.05) is 58.9 Å². The Hall–Kier alpha value is -5.40. The number of sulfonamides is 3. The third kappa shape index (κ3) is 29.1. The number of amides is 3. The number of halogens is 18. The molecule has 0 spiro atoms. The van der Waals surface area contributed by atoms with Crippen LogP contribution >= 0.6 is 81.2 Å². The zero-order valence-corrected chi connectivity index (χ0v) is 78.2. The Morgan fingerprint density at radius 2 is 0.619 bits per heavy atom. The van der Waals surface area contributed by atoms with Crippen LogP contribution in [0.25, 0.3) is 0 Å². The van der Waals surface area contributed by atoms with Crippen LogP contribution in [0, 0.1) is 29.4 Å². The van der Waals surface area contributed by atoms with E-state index in [4.69, 9.17) is 81.2 Å². The summed E-state index contributed by atoms with van der Waals surface area (Å²) in [6, 6.07) is 23.5. The van der Waals surface area contributed by atoms with E-state index >= 15 is 0 Å². The number of likely N-dealkylation sites (tertiary alicyclic amines) is 3. The lowest BCUT2D eigenvalue weighted by Gasteiger charge is -2.37. The van der Waals surface area contributed by atoms with Crippen LogP contribution in [-0.2, 0) is 98.9 Å². The quantitative estimate of drug-likeness (QED) is 0.0329. The van der Waals surface area contributed by atoms with Gasteiger partial charge in [0.1, 0.15) is 11.6 Å². The van der Waals surface area contributed by atoms with Crippen LogP contribution < -0.4 is 14.2 Å². The van der Waals surface area contributed by atoms with Crippen molar-refractivity contribution < 1.29 is 87.9 Å². The molecule has 3 aliphatic carbocycles. The van der Waals surface area contributed by atoms with Crippen LogP contribution in [0.1, 0.15) is 167 Å². The largest absolute Gasteiger partial charge is 0.419 e. The Kier molecular flexibility index (Phi) is 34.8. The number of hydrogen-bond donors (Lipinski definition) is 3. The van der Waals surface area contributed by atoms with Crippen LogP contribution in [0.2, 0.25) is 35.2 Å². The molecule has 3 amide bonds. The van der Waals surface area contributed by atoms with Crippen molar-refractivity contribution in [1.82, 2.24) is 43.6 Å². The van der Waals surface area contributed by atoms with Gasteiger partial charge in [-0.05, 0) is 300 Å². The van der Waals surface area contributed by atoms with Crippen molar-refractivity contribution in [2.75, 3.05) is 97.3 Å². The Balaban J connectivity index is 0.000000197. The van der Waals surface area contributed by atoms with Gasteiger partial charge in [-0.1, -0.05) is 118 Å². The SMILES string of the molecule is CN(Cc1ccc(C(F)(F)F)c(F)c1)C(=O)C(C)(CCN1CCC(NS(=O)(=O)CC2CC2)CC1)c1ccc(Cl)c(Cl)c1.CN(Cc1ccc(Cl)c(C(F)(F)F)c1)C(=O)C(C)(CCN1CCC(NS(=O)(=O)CC2CC2)CC1)c1ccc(Cl)c(Cl)c1.CN(Cc1ccc(F)c(C(F)(F)F)c1)C(=O)C(C)(CCN1CCC(NS(=O)(=O)CC2CC2)CC1)c1ccc(Cl)c(Cl)c1. The van der Waals surface area contributed by atoms with Crippen LogP contribution in [0.15, 0.2) is 109 Å². The highest BCUT2D eigenvalue weighted by atomic mass is 35.5. The Labute approximate surface area is 765 Å². The van der Waals surface area contributed by atoms with E-state index in [9.17, 15) is 87.9 Å². The van der Waals surface area contributed by atoms with Gasteiger partial charge in [0.2, 0.25) is 47.8 Å². The maximum Gasteiger partial charge on any atom is 0.419 e. The van der Waals surface area contributed by atoms with Crippen molar-refractivity contribution in [2.45, 2.75) is 190 Å². The van der Waals surface area contributed by atoms with E-state index in [1.54, 1.807) is 82.4 Å². The summed E-state index contributed by atoms with van der Waals surface area (Å²) in [6.45, 7) is 10.6. The average Bonchev–Trinajstić information content (AvgIpc) is 1.47. The van der Waals surface area contributed by atoms with Crippen LogP contribution in [0.5, 0.6) is 0 Å². The molecule has 3 N–H and O–H groups in total. The van der Waals surface area contributed by atoms with E-state index < -0.39 is 98.2 Å². The fraction of sp³-hybridized carbons (Fsp3) is 0.552. The summed E-state index contributed by atoms with van der Waals surface area (Å²) in [5, 5.41) is 1.43. The first kappa shape index (κ1) is 103. The minimum atomic E-state index is -4.86. The van der Waals surface area contributed by atoms with E-state index in [0.717, 1.165) is 68.9 Å². The van der Waals surface area contributed by atoms with Crippen LogP contribution in [0.3, 0.4) is 0 Å². The molecule has 3 heterocycles. The topological polar surface area (TPSA) is 209 Å². The summed E-state index contributed by atoms with van der Waals surface area (Å²) in [7, 11) is -5.31. The van der Waals surface area contributed by atoms with E-state index in [1.165, 1.54) is 47.0 Å². The molecule has 3 atom stereocenters. The standard InChI is InChI=1S/C29H35Cl3F3N3O3S.2C29H35Cl2F4N3O3S/c1-28(21-6-8-25(31)26(32)16-21,27(39)37(2)17-20-5-7-24(30)23(15-20)29(33,34)35)11-14-38-12-9-22(10-13-38)36-42(40,41)18-19-3-4-19;1-28(21-6-7-24(30)25(31)16-21,27(39)37(2)17-20-5-8-26(32)23(15-20)29(33,34)35)11-14-38-12-9-22(10-13-38)36-42(40,41)18-19-3-4-19;1-28(21-6-8-24(30)25(31)16-21,27(39)37(2)17-20-5-7-23(26(32)15-20)29(33,34)35)11-14-38-12-9-22(10-13-38)36-42(40,41)18-19-3-4-19/h3*5-8,15-16,19,22,36H,3-4,9-14,17-18H2,1-2H3. The highest BCUT2D eigenvalue weighted by Gasteiger charge is 2.45. The van der Waals surface area contributed by atoms with E-state index in [2.05, 4.69) is 28.9 Å². The lowest BCUT2D eigenvalue weighted by Crippen LogP contribution is -2.48. The number of likely N-dealkylation sites (N-methyl/N-ethyl adjacent to an activating group) is 3. The molecule has 12 rings (SSSR count). The molecular formula is C87H105Cl7F11N9O9S3. The zero-order valence-electron chi connectivity index (χ0n) is 70.5. The molecule has 3 saturated heterocycles. The van der Waals surface area contributed by atoms with Gasteiger partial charge in [-0.25, -0.2) is 48.2 Å². The van der Waals surface area contributed by atoms with Crippen molar-refractivity contribution in [3.05, 3.63) is 206 Å². The number of carbonyl (C=O) groups excluding carboxylic acids is 3. The first-order valence-electron chi connectivity index (χ1n) is 41.6. The van der Waals surface area contributed by atoms with Gasteiger partial charge in [0.25, 0.3) is 0 Å². The third-order valence-electron chi connectivity index (χ3n) is 24.4. The summed E-state index contributed by atoms with van der Waals surface area (Å²) in [5.74, 6) is -2.33. The summed E-state index contributed by atoms with van der Waals surface area (Å²) in [5.41, 5.74) is -4.43. The van der Waals surface area contributed by atoms with Crippen molar-refractivity contribution in [2.24, 2.45) is 17.8 Å². The van der Waals surface area contributed by atoms with Crippen LogP contribution in [-0.4, -0.2) is 188 Å². The fourth-order valence-electron chi connectivity index (χ4n) is 16.3. The molecule has 6 aromatic rings. The number of piperidine rings is 3. The lowest BCUT2D eigenvalue weighted by atomic mass is 9.77. The lowest BCUT2D eigenvalue weighted by molar-refractivity contribution is -0.141. The van der Waals surface area contributed by atoms with Gasteiger partial charge in [0.15, 0.2) is 0 Å². The molecule has 3 saturated carbocycles. The second kappa shape index (κ2) is 42.7. The molecule has 3 aliphatic heterocycles. The molecule has 6 aliphatic rings. The van der Waals surface area contributed by atoms with E-state index in [-0.39, 0.29) is 112 Å². The summed E-state index contributed by atoms with van der Waals surface area (Å²) in [6.07, 6.45) is -3.41. The Bertz CT molecular complexity index is 4980. The smallest absolute Gasteiger partial charge is 0.341 e.